The van der Waals surface area contributed by atoms with Crippen molar-refractivity contribution < 1.29 is 14.6 Å². The summed E-state index contributed by atoms with van der Waals surface area (Å²) in [5.41, 5.74) is 0.807. The molecule has 1 unspecified atom stereocenters. The topological polar surface area (TPSA) is 46.5 Å². The highest BCUT2D eigenvalue weighted by molar-refractivity contribution is 7.21. The lowest BCUT2D eigenvalue weighted by Gasteiger charge is -2.11. The molecule has 2 rings (SSSR count). The van der Waals surface area contributed by atoms with Gasteiger partial charge in [0.1, 0.15) is 4.88 Å². The highest BCUT2D eigenvalue weighted by atomic mass is 32.1. The van der Waals surface area contributed by atoms with E-state index in [9.17, 15) is 9.90 Å². The molecule has 1 atom stereocenters. The Labute approximate surface area is 123 Å². The van der Waals surface area contributed by atoms with E-state index in [1.165, 1.54) is 11.3 Å². The highest BCUT2D eigenvalue weighted by Crippen LogP contribution is 2.32. The molecule has 0 saturated heterocycles. The first-order valence-electron chi connectivity index (χ1n) is 6.95. The van der Waals surface area contributed by atoms with Crippen LogP contribution >= 0.6 is 11.3 Å². The van der Waals surface area contributed by atoms with Crippen LogP contribution in [-0.2, 0) is 11.3 Å². The maximum absolute atomic E-state index is 11.3. The van der Waals surface area contributed by atoms with Gasteiger partial charge in [-0.25, -0.2) is 4.79 Å². The molecule has 1 heterocycles. The summed E-state index contributed by atoms with van der Waals surface area (Å²) in [5.74, 6) is -0.357. The lowest BCUT2D eigenvalue weighted by atomic mass is 10.1. The van der Waals surface area contributed by atoms with E-state index in [1.54, 1.807) is 0 Å². The molecule has 4 heteroatoms. The molecule has 0 aliphatic heterocycles. The molecule has 1 aromatic carbocycles. The van der Waals surface area contributed by atoms with E-state index in [0.29, 0.717) is 24.0 Å². The maximum Gasteiger partial charge on any atom is 0.346 e. The Morgan fingerprint density at radius 3 is 2.85 bits per heavy atom. The number of rotatable bonds is 7. The minimum Gasteiger partial charge on any atom is -0.477 e. The molecule has 0 saturated carbocycles. The molecule has 1 N–H and O–H groups in total. The van der Waals surface area contributed by atoms with Crippen molar-refractivity contribution in [2.75, 3.05) is 6.61 Å². The van der Waals surface area contributed by atoms with Crippen LogP contribution in [0.2, 0.25) is 0 Å². The number of fused-ring (bicyclic) bond motifs is 1. The van der Waals surface area contributed by atoms with Crippen molar-refractivity contribution in [2.24, 2.45) is 5.92 Å². The number of carboxylic acid groups (broad SMARTS) is 1. The van der Waals surface area contributed by atoms with E-state index in [4.69, 9.17) is 4.74 Å². The first kappa shape index (κ1) is 15.0. The molecule has 0 amide bonds. The van der Waals surface area contributed by atoms with E-state index in [1.807, 2.05) is 24.3 Å². The summed E-state index contributed by atoms with van der Waals surface area (Å²) in [6.45, 7) is 5.37. The molecule has 2 aromatic rings. The van der Waals surface area contributed by atoms with E-state index in [2.05, 4.69) is 13.8 Å². The number of carbonyl (C=O) groups is 1. The molecule has 0 aliphatic carbocycles. The summed E-state index contributed by atoms with van der Waals surface area (Å²) in [6.07, 6.45) is 2.28. The Morgan fingerprint density at radius 1 is 1.40 bits per heavy atom. The molecule has 108 valence electrons. The van der Waals surface area contributed by atoms with Gasteiger partial charge in [-0.3, -0.25) is 0 Å². The number of carboxylic acids is 1. The first-order chi connectivity index (χ1) is 9.63. The summed E-state index contributed by atoms with van der Waals surface area (Å²) in [6, 6.07) is 7.78. The molecular formula is C16H20O3S. The number of hydrogen-bond acceptors (Lipinski definition) is 3. The van der Waals surface area contributed by atoms with Crippen molar-refractivity contribution in [1.82, 2.24) is 0 Å². The summed E-state index contributed by atoms with van der Waals surface area (Å²) in [7, 11) is 0. The largest absolute Gasteiger partial charge is 0.477 e. The Hall–Kier alpha value is -1.39. The zero-order chi connectivity index (χ0) is 14.5. The standard InChI is InChI=1S/C16H20O3S/c1-3-6-11(2)9-19-10-13-12-7-4-5-8-14(12)20-15(13)16(17)18/h4-5,7-8,11H,3,6,9-10H2,1-2H3,(H,17,18). The van der Waals surface area contributed by atoms with Crippen LogP contribution in [0.4, 0.5) is 0 Å². The quantitative estimate of drug-likeness (QED) is 0.814. The van der Waals surface area contributed by atoms with Crippen LogP contribution in [0.5, 0.6) is 0 Å². The monoisotopic (exact) mass is 292 g/mol. The van der Waals surface area contributed by atoms with Gasteiger partial charge >= 0.3 is 5.97 Å². The van der Waals surface area contributed by atoms with Crippen molar-refractivity contribution >= 4 is 27.4 Å². The van der Waals surface area contributed by atoms with Gasteiger partial charge in [0.15, 0.2) is 0 Å². The minimum absolute atomic E-state index is 0.375. The minimum atomic E-state index is -0.869. The molecule has 0 bridgehead atoms. The summed E-state index contributed by atoms with van der Waals surface area (Å²) >= 11 is 1.32. The molecule has 0 radical (unpaired) electrons. The number of aromatic carboxylic acids is 1. The third-order valence-electron chi connectivity index (χ3n) is 3.32. The predicted molar refractivity (Wildman–Crippen MR) is 82.5 cm³/mol. The SMILES string of the molecule is CCCC(C)COCc1c(C(=O)O)sc2ccccc12. The van der Waals surface area contributed by atoms with Gasteiger partial charge in [0.05, 0.1) is 6.61 Å². The molecular weight excluding hydrogens is 272 g/mol. The highest BCUT2D eigenvalue weighted by Gasteiger charge is 2.17. The Balaban J connectivity index is 2.15. The Kier molecular flexibility index (Phi) is 5.15. The van der Waals surface area contributed by atoms with Crippen molar-refractivity contribution in [3.05, 3.63) is 34.7 Å². The van der Waals surface area contributed by atoms with Crippen LogP contribution in [0, 0.1) is 5.92 Å². The van der Waals surface area contributed by atoms with Crippen LogP contribution < -0.4 is 0 Å². The zero-order valence-corrected chi connectivity index (χ0v) is 12.7. The molecule has 0 fully saturated rings. The maximum atomic E-state index is 11.3. The van der Waals surface area contributed by atoms with Crippen molar-refractivity contribution in [3.63, 3.8) is 0 Å². The van der Waals surface area contributed by atoms with Gasteiger partial charge in [0.25, 0.3) is 0 Å². The van der Waals surface area contributed by atoms with Crippen LogP contribution in [0.3, 0.4) is 0 Å². The summed E-state index contributed by atoms with van der Waals surface area (Å²) in [5, 5.41) is 10.3. The lowest BCUT2D eigenvalue weighted by Crippen LogP contribution is -2.07. The van der Waals surface area contributed by atoms with Gasteiger partial charge in [0.2, 0.25) is 0 Å². The third-order valence-corrected chi connectivity index (χ3v) is 4.52. The number of thiophene rings is 1. The number of ether oxygens (including phenoxy) is 1. The molecule has 0 aliphatic rings. The van der Waals surface area contributed by atoms with Gasteiger partial charge in [-0.05, 0) is 23.8 Å². The normalized spacial score (nSPS) is 12.7. The number of hydrogen-bond donors (Lipinski definition) is 1. The van der Waals surface area contributed by atoms with E-state index < -0.39 is 5.97 Å². The van der Waals surface area contributed by atoms with Gasteiger partial charge in [0, 0.05) is 16.9 Å². The smallest absolute Gasteiger partial charge is 0.346 e. The predicted octanol–water partition coefficient (Wildman–Crippen LogP) is 4.55. The second-order valence-electron chi connectivity index (χ2n) is 5.12. The molecule has 3 nitrogen and oxygen atoms in total. The second kappa shape index (κ2) is 6.86. The molecule has 0 spiro atoms. The molecule has 20 heavy (non-hydrogen) atoms. The van der Waals surface area contributed by atoms with Crippen LogP contribution in [-0.4, -0.2) is 17.7 Å². The molecule has 1 aromatic heterocycles. The van der Waals surface area contributed by atoms with Crippen LogP contribution in [0.1, 0.15) is 41.9 Å². The van der Waals surface area contributed by atoms with Crippen molar-refractivity contribution in [3.8, 4) is 0 Å². The van der Waals surface area contributed by atoms with E-state index in [-0.39, 0.29) is 0 Å². The van der Waals surface area contributed by atoms with Gasteiger partial charge in [-0.15, -0.1) is 11.3 Å². The van der Waals surface area contributed by atoms with Crippen molar-refractivity contribution in [2.45, 2.75) is 33.3 Å². The average Bonchev–Trinajstić information content (AvgIpc) is 2.78. The first-order valence-corrected chi connectivity index (χ1v) is 7.76. The second-order valence-corrected chi connectivity index (χ2v) is 6.17. The van der Waals surface area contributed by atoms with E-state index >= 15 is 0 Å². The van der Waals surface area contributed by atoms with Crippen LogP contribution in [0.15, 0.2) is 24.3 Å². The Bertz CT molecular complexity index is 588. The summed E-state index contributed by atoms with van der Waals surface area (Å²) in [4.78, 5) is 11.7. The van der Waals surface area contributed by atoms with Crippen molar-refractivity contribution in [1.29, 1.82) is 0 Å². The average molecular weight is 292 g/mol. The van der Waals surface area contributed by atoms with E-state index in [0.717, 1.165) is 28.5 Å². The summed E-state index contributed by atoms with van der Waals surface area (Å²) < 4.78 is 6.74. The number of benzene rings is 1. The zero-order valence-electron chi connectivity index (χ0n) is 11.9. The van der Waals surface area contributed by atoms with Gasteiger partial charge in [-0.2, -0.15) is 0 Å². The van der Waals surface area contributed by atoms with Gasteiger partial charge in [-0.1, -0.05) is 38.5 Å². The third kappa shape index (κ3) is 3.38. The fourth-order valence-electron chi connectivity index (χ4n) is 2.35. The fourth-order valence-corrected chi connectivity index (χ4v) is 3.40. The van der Waals surface area contributed by atoms with Crippen LogP contribution in [0.25, 0.3) is 10.1 Å². The fraction of sp³-hybridized carbons (Fsp3) is 0.438. The van der Waals surface area contributed by atoms with Gasteiger partial charge < -0.3 is 9.84 Å². The lowest BCUT2D eigenvalue weighted by molar-refractivity contribution is 0.0685. The Morgan fingerprint density at radius 2 is 2.15 bits per heavy atom.